The van der Waals surface area contributed by atoms with Gasteiger partial charge in [0, 0.05) is 17.7 Å². The van der Waals surface area contributed by atoms with Gasteiger partial charge in [0.1, 0.15) is 0 Å². The van der Waals surface area contributed by atoms with Gasteiger partial charge in [-0.3, -0.25) is 14.9 Å². The zero-order chi connectivity index (χ0) is 20.7. The van der Waals surface area contributed by atoms with Crippen molar-refractivity contribution in [2.75, 3.05) is 11.9 Å². The van der Waals surface area contributed by atoms with E-state index in [4.69, 9.17) is 39.5 Å². The Morgan fingerprint density at radius 3 is 2.32 bits per heavy atom. The number of hydrogen-bond acceptors (Lipinski definition) is 4. The first kappa shape index (κ1) is 22.3. The third-order valence-electron chi connectivity index (χ3n) is 3.92. The van der Waals surface area contributed by atoms with Crippen LogP contribution in [0, 0.1) is 10.1 Å². The van der Waals surface area contributed by atoms with Gasteiger partial charge in [-0.1, -0.05) is 61.0 Å². The molecule has 6 nitrogen and oxygen atoms in total. The Balaban J connectivity index is 2.09. The summed E-state index contributed by atoms with van der Waals surface area (Å²) < 4.78 is 5.64. The fourth-order valence-corrected chi connectivity index (χ4v) is 3.26. The number of nitrogens with one attached hydrogen (secondary N) is 1. The molecule has 0 aliphatic carbocycles. The molecule has 9 heteroatoms. The van der Waals surface area contributed by atoms with Crippen LogP contribution < -0.4 is 10.1 Å². The first-order valence-electron chi connectivity index (χ1n) is 8.70. The highest BCUT2D eigenvalue weighted by atomic mass is 35.5. The molecule has 150 valence electrons. The van der Waals surface area contributed by atoms with Gasteiger partial charge in [0.2, 0.25) is 0 Å². The monoisotopic (exact) mass is 444 g/mol. The third-order valence-corrected chi connectivity index (χ3v) is 4.79. The largest absolute Gasteiger partial charge is 0.490 e. The second-order valence-electron chi connectivity index (χ2n) is 6.05. The summed E-state index contributed by atoms with van der Waals surface area (Å²) in [7, 11) is 0. The Morgan fingerprint density at radius 1 is 1.07 bits per heavy atom. The summed E-state index contributed by atoms with van der Waals surface area (Å²) in [6, 6.07) is 6.66. The number of nitro benzene ring substituents is 1. The SMILES string of the molecule is CCCCCCOc1c(Cl)cc(C(=O)Nc2ccc([N+](=O)[O-])cc2Cl)cc1Cl. The molecule has 1 N–H and O–H groups in total. The molecule has 0 saturated heterocycles. The average Bonchev–Trinajstić information content (AvgIpc) is 2.64. The number of anilines is 1. The van der Waals surface area contributed by atoms with E-state index in [1.807, 2.05) is 0 Å². The number of nitro groups is 1. The van der Waals surface area contributed by atoms with Crippen LogP contribution in [0.2, 0.25) is 15.1 Å². The highest BCUT2D eigenvalue weighted by Crippen LogP contribution is 2.35. The van der Waals surface area contributed by atoms with Crippen LogP contribution in [0.25, 0.3) is 0 Å². The molecule has 0 aliphatic rings. The van der Waals surface area contributed by atoms with E-state index < -0.39 is 10.8 Å². The Labute approximate surface area is 177 Å². The lowest BCUT2D eigenvalue weighted by Gasteiger charge is -2.12. The number of rotatable bonds is 9. The normalized spacial score (nSPS) is 10.6. The number of nitrogens with zero attached hydrogens (tertiary/aromatic N) is 1. The van der Waals surface area contributed by atoms with Gasteiger partial charge in [-0.05, 0) is 24.6 Å². The fraction of sp³-hybridized carbons (Fsp3) is 0.316. The van der Waals surface area contributed by atoms with E-state index in [0.717, 1.165) is 31.7 Å². The molecule has 0 radical (unpaired) electrons. The van der Waals surface area contributed by atoms with Crippen molar-refractivity contribution in [3.05, 3.63) is 61.1 Å². The maximum Gasteiger partial charge on any atom is 0.271 e. The molecular weight excluding hydrogens is 427 g/mol. The lowest BCUT2D eigenvalue weighted by Crippen LogP contribution is -2.12. The Kier molecular flexibility index (Phi) is 8.35. The van der Waals surface area contributed by atoms with Gasteiger partial charge in [-0.2, -0.15) is 0 Å². The van der Waals surface area contributed by atoms with Crippen molar-refractivity contribution < 1.29 is 14.5 Å². The number of unbranched alkanes of at least 4 members (excludes halogenated alkanes) is 3. The Hall–Kier alpha value is -2.02. The minimum atomic E-state index is -0.571. The maximum absolute atomic E-state index is 12.5. The van der Waals surface area contributed by atoms with Crippen LogP contribution in [0.3, 0.4) is 0 Å². The molecule has 0 heterocycles. The van der Waals surface area contributed by atoms with E-state index in [0.29, 0.717) is 12.4 Å². The topological polar surface area (TPSA) is 81.5 Å². The van der Waals surface area contributed by atoms with Crippen LogP contribution in [0.5, 0.6) is 5.75 Å². The van der Waals surface area contributed by atoms with Gasteiger partial charge in [0.25, 0.3) is 11.6 Å². The van der Waals surface area contributed by atoms with Crippen molar-refractivity contribution >= 4 is 52.1 Å². The molecule has 0 aromatic heterocycles. The Bertz CT molecular complexity index is 851. The number of carbonyl (C=O) groups excluding carboxylic acids is 1. The van der Waals surface area contributed by atoms with Gasteiger partial charge in [-0.25, -0.2) is 0 Å². The maximum atomic E-state index is 12.5. The number of benzene rings is 2. The number of carbonyl (C=O) groups is 1. The molecule has 2 aromatic rings. The van der Waals surface area contributed by atoms with Crippen molar-refractivity contribution in [2.45, 2.75) is 32.6 Å². The molecule has 28 heavy (non-hydrogen) atoms. The number of amides is 1. The summed E-state index contributed by atoms with van der Waals surface area (Å²) in [5.41, 5.74) is 0.276. The minimum absolute atomic E-state index is 0.0479. The summed E-state index contributed by atoms with van der Waals surface area (Å²) in [5, 5.41) is 13.8. The van der Waals surface area contributed by atoms with Crippen molar-refractivity contribution in [3.8, 4) is 5.75 Å². The highest BCUT2D eigenvalue weighted by Gasteiger charge is 2.16. The van der Waals surface area contributed by atoms with E-state index in [1.54, 1.807) is 0 Å². The van der Waals surface area contributed by atoms with E-state index in [2.05, 4.69) is 12.2 Å². The lowest BCUT2D eigenvalue weighted by molar-refractivity contribution is -0.384. The smallest absolute Gasteiger partial charge is 0.271 e. The molecule has 0 unspecified atom stereocenters. The number of hydrogen-bond donors (Lipinski definition) is 1. The summed E-state index contributed by atoms with van der Waals surface area (Å²) >= 11 is 18.4. The van der Waals surface area contributed by atoms with Crippen molar-refractivity contribution in [1.82, 2.24) is 0 Å². The van der Waals surface area contributed by atoms with E-state index in [9.17, 15) is 14.9 Å². The van der Waals surface area contributed by atoms with Crippen LogP contribution in [-0.2, 0) is 0 Å². The zero-order valence-electron chi connectivity index (χ0n) is 15.1. The van der Waals surface area contributed by atoms with Gasteiger partial charge < -0.3 is 10.1 Å². The molecule has 0 saturated carbocycles. The van der Waals surface area contributed by atoms with Crippen LogP contribution in [0.15, 0.2) is 30.3 Å². The van der Waals surface area contributed by atoms with Gasteiger partial charge >= 0.3 is 0 Å². The molecular formula is C19H19Cl3N2O4. The van der Waals surface area contributed by atoms with Gasteiger partial charge in [0.15, 0.2) is 5.75 Å². The molecule has 0 atom stereocenters. The van der Waals surface area contributed by atoms with E-state index >= 15 is 0 Å². The third kappa shape index (κ3) is 5.99. The van der Waals surface area contributed by atoms with E-state index in [1.165, 1.54) is 24.3 Å². The molecule has 0 aliphatic heterocycles. The summed E-state index contributed by atoms with van der Waals surface area (Å²) in [6.07, 6.45) is 4.21. The van der Waals surface area contributed by atoms with Crippen LogP contribution in [0.4, 0.5) is 11.4 Å². The quantitative estimate of drug-likeness (QED) is 0.262. The minimum Gasteiger partial charge on any atom is -0.490 e. The summed E-state index contributed by atoms with van der Waals surface area (Å²) in [4.78, 5) is 22.7. The first-order chi connectivity index (χ1) is 13.3. The van der Waals surface area contributed by atoms with Crippen LogP contribution in [-0.4, -0.2) is 17.4 Å². The first-order valence-corrected chi connectivity index (χ1v) is 9.84. The highest BCUT2D eigenvalue weighted by molar-refractivity contribution is 6.38. The predicted molar refractivity (Wildman–Crippen MR) is 112 cm³/mol. The zero-order valence-corrected chi connectivity index (χ0v) is 17.4. The van der Waals surface area contributed by atoms with Crippen molar-refractivity contribution in [2.24, 2.45) is 0 Å². The van der Waals surface area contributed by atoms with E-state index in [-0.39, 0.29) is 32.0 Å². The molecule has 0 fully saturated rings. The van der Waals surface area contributed by atoms with Gasteiger partial charge in [-0.15, -0.1) is 0 Å². The van der Waals surface area contributed by atoms with Crippen molar-refractivity contribution in [3.63, 3.8) is 0 Å². The number of halogens is 3. The van der Waals surface area contributed by atoms with Crippen LogP contribution >= 0.6 is 34.8 Å². The number of non-ortho nitro benzene ring substituents is 1. The molecule has 2 aromatic carbocycles. The summed E-state index contributed by atoms with van der Waals surface area (Å²) in [6.45, 7) is 2.62. The predicted octanol–water partition coefficient (Wildman–Crippen LogP) is 6.77. The second kappa shape index (κ2) is 10.5. The van der Waals surface area contributed by atoms with Crippen LogP contribution in [0.1, 0.15) is 43.0 Å². The standard InChI is InChI=1S/C19H19Cl3N2O4/c1-2-3-4-5-8-28-18-15(21)9-12(10-16(18)22)19(25)23-17-7-6-13(24(26)27)11-14(17)20/h6-7,9-11H,2-5,8H2,1H3,(H,23,25). The fourth-order valence-electron chi connectivity index (χ4n) is 2.45. The van der Waals surface area contributed by atoms with Crippen molar-refractivity contribution in [1.29, 1.82) is 0 Å². The lowest BCUT2D eigenvalue weighted by atomic mass is 10.2. The second-order valence-corrected chi connectivity index (χ2v) is 7.28. The number of ether oxygens (including phenoxy) is 1. The average molecular weight is 446 g/mol. The van der Waals surface area contributed by atoms with Gasteiger partial charge in [0.05, 0.1) is 32.3 Å². The molecule has 2 rings (SSSR count). The summed E-state index contributed by atoms with van der Waals surface area (Å²) in [5.74, 6) is -0.168. The molecule has 0 bridgehead atoms. The Morgan fingerprint density at radius 2 is 1.75 bits per heavy atom. The molecule has 0 spiro atoms. The molecule has 1 amide bonds.